The van der Waals surface area contributed by atoms with Crippen molar-refractivity contribution < 1.29 is 32.9 Å². The van der Waals surface area contributed by atoms with Crippen LogP contribution in [0.1, 0.15) is 258 Å². The Hall–Kier alpha value is -2.32. The largest absolute Gasteiger partial charge is 0.472 e. The van der Waals surface area contributed by atoms with Gasteiger partial charge in [-0.2, -0.15) is 0 Å². The normalized spacial score (nSPS) is 14.5. The third kappa shape index (κ3) is 55.4. The lowest BCUT2D eigenvalue weighted by atomic mass is 10.0. The lowest BCUT2D eigenvalue weighted by Gasteiger charge is -2.26. The number of likely N-dealkylation sites (N-methyl/N-ethyl adjacent to an activating group) is 1. The van der Waals surface area contributed by atoms with Gasteiger partial charge in [-0.1, -0.05) is 266 Å². The molecule has 0 spiro atoms. The van der Waals surface area contributed by atoms with E-state index in [0.29, 0.717) is 23.9 Å². The lowest BCUT2D eigenvalue weighted by Crippen LogP contribution is -2.46. The first-order chi connectivity index (χ1) is 35.0. The third-order valence-electron chi connectivity index (χ3n) is 13.2. The molecule has 0 aromatic rings. The fourth-order valence-electron chi connectivity index (χ4n) is 8.50. The number of carbonyl (C=O) groups excluding carboxylic acids is 1. The van der Waals surface area contributed by atoms with E-state index in [1.807, 2.05) is 21.1 Å². The zero-order valence-electron chi connectivity index (χ0n) is 47.7. The number of hydrogen-bond donors (Lipinski definition) is 3. The Labute approximate surface area is 446 Å². The van der Waals surface area contributed by atoms with Gasteiger partial charge in [-0.15, -0.1) is 0 Å². The van der Waals surface area contributed by atoms with E-state index in [0.717, 1.165) is 83.5 Å². The molecule has 0 fully saturated rings. The maximum Gasteiger partial charge on any atom is 0.472 e. The number of aliphatic hydroxyl groups is 1. The second-order valence-corrected chi connectivity index (χ2v) is 22.8. The number of nitrogens with one attached hydrogen (secondary N) is 1. The highest BCUT2D eigenvalue weighted by Crippen LogP contribution is 2.43. The predicted molar refractivity (Wildman–Crippen MR) is 313 cm³/mol. The van der Waals surface area contributed by atoms with Crippen LogP contribution in [0.4, 0.5) is 0 Å². The molecule has 0 radical (unpaired) electrons. The number of allylic oxidation sites excluding steroid dienone is 14. The highest BCUT2D eigenvalue weighted by atomic mass is 31.2. The van der Waals surface area contributed by atoms with Gasteiger partial charge in [-0.05, 0) is 70.6 Å². The van der Waals surface area contributed by atoms with Crippen molar-refractivity contribution in [3.05, 3.63) is 85.1 Å². The van der Waals surface area contributed by atoms with E-state index in [4.69, 9.17) is 9.05 Å². The van der Waals surface area contributed by atoms with Gasteiger partial charge in [0.2, 0.25) is 5.91 Å². The molecule has 0 heterocycles. The van der Waals surface area contributed by atoms with Gasteiger partial charge >= 0.3 is 7.82 Å². The van der Waals surface area contributed by atoms with Crippen LogP contribution >= 0.6 is 7.82 Å². The van der Waals surface area contributed by atoms with Gasteiger partial charge in [0.05, 0.1) is 39.9 Å². The number of hydrogen-bond acceptors (Lipinski definition) is 5. The monoisotopic (exact) mass is 1030 g/mol. The van der Waals surface area contributed by atoms with Gasteiger partial charge in [0.1, 0.15) is 13.2 Å². The summed E-state index contributed by atoms with van der Waals surface area (Å²) >= 11 is 0. The number of nitrogens with zero attached hydrogens (tertiary/aromatic N) is 1. The number of carbonyl (C=O) groups is 1. The van der Waals surface area contributed by atoms with Crippen LogP contribution in [0, 0.1) is 0 Å². The molecule has 0 saturated heterocycles. The smallest absolute Gasteiger partial charge is 0.391 e. The minimum Gasteiger partial charge on any atom is -0.391 e. The molecule has 0 aliphatic carbocycles. The van der Waals surface area contributed by atoms with Crippen molar-refractivity contribution in [3.63, 3.8) is 0 Å². The summed E-state index contributed by atoms with van der Waals surface area (Å²) < 4.78 is 23.8. The average molecular weight is 1030 g/mol. The topological polar surface area (TPSA) is 105 Å². The summed E-state index contributed by atoms with van der Waals surface area (Å²) in [7, 11) is 1.61. The number of phosphoric acid groups is 1. The fourth-order valence-corrected chi connectivity index (χ4v) is 9.23. The summed E-state index contributed by atoms with van der Waals surface area (Å²) in [4.78, 5) is 23.3. The molecule has 0 aromatic carbocycles. The Morgan fingerprint density at radius 1 is 0.486 bits per heavy atom. The summed E-state index contributed by atoms with van der Waals surface area (Å²) in [5.41, 5.74) is 0. The van der Waals surface area contributed by atoms with Gasteiger partial charge < -0.3 is 19.8 Å². The molecule has 0 bridgehead atoms. The quantitative estimate of drug-likeness (QED) is 0.0243. The number of amides is 1. The van der Waals surface area contributed by atoms with E-state index in [2.05, 4.69) is 104 Å². The van der Waals surface area contributed by atoms with Crippen molar-refractivity contribution in [2.45, 2.75) is 270 Å². The molecule has 0 rings (SSSR count). The molecule has 418 valence electrons. The molecular formula is C63H116N2O6P+. The SMILES string of the molecule is CC/C=C\C/C=C\C/C=C\C/C=C\C/C=C\C/C=C\C/C=C\CCCCCCCCCCCCCCCC(=O)NC(COP(=O)(O)OCC[N+](C)(C)C)C(O)CCCCCCCCCCCCCCCCC. The number of quaternary nitrogens is 1. The first-order valence-electron chi connectivity index (χ1n) is 30.0. The van der Waals surface area contributed by atoms with E-state index in [1.165, 1.54) is 148 Å². The Morgan fingerprint density at radius 2 is 0.833 bits per heavy atom. The fraction of sp³-hybridized carbons (Fsp3) is 0.762. The zero-order valence-corrected chi connectivity index (χ0v) is 48.5. The first-order valence-corrected chi connectivity index (χ1v) is 31.4. The minimum atomic E-state index is -4.33. The van der Waals surface area contributed by atoms with E-state index in [-0.39, 0.29) is 19.1 Å². The Balaban J connectivity index is 4.06. The second kappa shape index (κ2) is 53.5. The van der Waals surface area contributed by atoms with E-state index in [1.54, 1.807) is 0 Å². The number of phosphoric ester groups is 1. The molecule has 1 amide bonds. The summed E-state index contributed by atoms with van der Waals surface area (Å²) in [5, 5.41) is 14.1. The van der Waals surface area contributed by atoms with Crippen molar-refractivity contribution in [2.24, 2.45) is 0 Å². The third-order valence-corrected chi connectivity index (χ3v) is 14.1. The number of aliphatic hydroxyl groups excluding tert-OH is 1. The highest BCUT2D eigenvalue weighted by molar-refractivity contribution is 7.47. The molecule has 3 unspecified atom stereocenters. The molecule has 3 N–H and O–H groups in total. The van der Waals surface area contributed by atoms with Crippen LogP contribution in [-0.4, -0.2) is 73.4 Å². The van der Waals surface area contributed by atoms with Crippen LogP contribution in [0.2, 0.25) is 0 Å². The van der Waals surface area contributed by atoms with E-state index < -0.39 is 20.0 Å². The van der Waals surface area contributed by atoms with Crippen LogP contribution in [-0.2, 0) is 18.4 Å². The molecule has 9 heteroatoms. The predicted octanol–water partition coefficient (Wildman–Crippen LogP) is 18.4. The second-order valence-electron chi connectivity index (χ2n) is 21.3. The summed E-state index contributed by atoms with van der Waals surface area (Å²) in [5.74, 6) is -0.147. The minimum absolute atomic E-state index is 0.0722. The van der Waals surface area contributed by atoms with E-state index in [9.17, 15) is 19.4 Å². The number of rotatable bonds is 54. The van der Waals surface area contributed by atoms with Crippen molar-refractivity contribution in [3.8, 4) is 0 Å². The average Bonchev–Trinajstić information content (AvgIpc) is 3.34. The molecule has 0 aliphatic rings. The van der Waals surface area contributed by atoms with Crippen molar-refractivity contribution in [1.82, 2.24) is 5.32 Å². The van der Waals surface area contributed by atoms with Gasteiger partial charge in [0.25, 0.3) is 0 Å². The molecule has 0 aromatic heterocycles. The van der Waals surface area contributed by atoms with Gasteiger partial charge in [-0.3, -0.25) is 13.8 Å². The van der Waals surface area contributed by atoms with Crippen LogP contribution in [0.15, 0.2) is 85.1 Å². The Kier molecular flexibility index (Phi) is 51.8. The van der Waals surface area contributed by atoms with Crippen molar-refractivity contribution >= 4 is 13.7 Å². The zero-order chi connectivity index (χ0) is 52.7. The van der Waals surface area contributed by atoms with Crippen LogP contribution in [0.5, 0.6) is 0 Å². The van der Waals surface area contributed by atoms with Gasteiger partial charge in [0, 0.05) is 6.42 Å². The lowest BCUT2D eigenvalue weighted by molar-refractivity contribution is -0.870. The summed E-state index contributed by atoms with van der Waals surface area (Å²) in [6.45, 7) is 4.78. The van der Waals surface area contributed by atoms with Crippen LogP contribution in [0.25, 0.3) is 0 Å². The molecule has 3 atom stereocenters. The van der Waals surface area contributed by atoms with Crippen molar-refractivity contribution in [2.75, 3.05) is 40.9 Å². The summed E-state index contributed by atoms with van der Waals surface area (Å²) in [6.07, 6.45) is 75.0. The van der Waals surface area contributed by atoms with Gasteiger partial charge in [-0.25, -0.2) is 4.57 Å². The van der Waals surface area contributed by atoms with Crippen molar-refractivity contribution in [1.29, 1.82) is 0 Å². The Bertz CT molecular complexity index is 1450. The molecular weight excluding hydrogens is 912 g/mol. The summed E-state index contributed by atoms with van der Waals surface area (Å²) in [6, 6.07) is -0.765. The molecule has 72 heavy (non-hydrogen) atoms. The molecule has 0 aliphatic heterocycles. The van der Waals surface area contributed by atoms with Crippen LogP contribution < -0.4 is 5.32 Å². The maximum absolute atomic E-state index is 13.0. The first kappa shape index (κ1) is 69.7. The van der Waals surface area contributed by atoms with Gasteiger partial charge in [0.15, 0.2) is 0 Å². The highest BCUT2D eigenvalue weighted by Gasteiger charge is 2.28. The number of unbranched alkanes of at least 4 members (excludes halogenated alkanes) is 27. The standard InChI is InChI=1S/C63H115N2O6P/c1-6-8-10-12-14-16-18-20-22-23-24-25-26-27-28-29-30-31-32-33-34-35-36-37-38-39-40-41-43-45-47-49-51-53-55-57-63(67)64-61(60-71-72(68,69)70-59-58-65(3,4)5)62(66)56-54-52-50-48-46-44-42-21-19-17-15-13-11-9-7-2/h8,10,14,16,20,22,24-25,27-28,30-31,33-34,61-62,66H,6-7,9,11-13,15,17-19,21,23,26,29,32,35-60H2,1-5H3,(H-,64,67,68,69)/p+1/b10-8-,16-14-,22-20-,25-24-,28-27-,31-30-,34-33-. The molecule has 0 saturated carbocycles. The van der Waals surface area contributed by atoms with E-state index >= 15 is 0 Å². The van der Waals surface area contributed by atoms with Crippen LogP contribution in [0.3, 0.4) is 0 Å². The Morgan fingerprint density at radius 3 is 1.22 bits per heavy atom. The maximum atomic E-state index is 13.0. The molecule has 8 nitrogen and oxygen atoms in total.